The van der Waals surface area contributed by atoms with Gasteiger partial charge in [-0.3, -0.25) is 9.69 Å². The summed E-state index contributed by atoms with van der Waals surface area (Å²) in [6.07, 6.45) is 5.35. The number of rotatable bonds is 3. The van der Waals surface area contributed by atoms with E-state index in [-0.39, 0.29) is 5.12 Å². The lowest BCUT2D eigenvalue weighted by Crippen LogP contribution is -2.36. The molecular weight excluding hydrogens is 186 g/mol. The third-order valence-electron chi connectivity index (χ3n) is 1.92. The fraction of sp³-hybridized carbons (Fsp3) is 0.667. The summed E-state index contributed by atoms with van der Waals surface area (Å²) >= 11 is 1.24. The van der Waals surface area contributed by atoms with Crippen LogP contribution in [0.15, 0.2) is 12.2 Å². The summed E-state index contributed by atoms with van der Waals surface area (Å²) in [6.45, 7) is 4.42. The smallest absolute Gasteiger partial charge is 0.211 e. The van der Waals surface area contributed by atoms with Crippen molar-refractivity contribution in [2.24, 2.45) is 0 Å². The molecule has 0 saturated carbocycles. The monoisotopic (exact) mass is 201 g/mol. The molecule has 0 spiro atoms. The summed E-state index contributed by atoms with van der Waals surface area (Å²) in [5, 5.41) is 0.119. The molecule has 0 amide bonds. The van der Waals surface area contributed by atoms with Gasteiger partial charge in [-0.15, -0.1) is 0 Å². The number of hydrogen-bond acceptors (Lipinski definition) is 4. The van der Waals surface area contributed by atoms with Gasteiger partial charge in [0.2, 0.25) is 5.12 Å². The fourth-order valence-corrected chi connectivity index (χ4v) is 1.38. The molecule has 1 fully saturated rings. The summed E-state index contributed by atoms with van der Waals surface area (Å²) in [5.41, 5.74) is 0. The Morgan fingerprint density at radius 2 is 2.23 bits per heavy atom. The van der Waals surface area contributed by atoms with Crippen molar-refractivity contribution in [3.63, 3.8) is 0 Å². The van der Waals surface area contributed by atoms with Crippen LogP contribution in [0.25, 0.3) is 0 Å². The van der Waals surface area contributed by atoms with Crippen LogP contribution in [0.4, 0.5) is 0 Å². The zero-order valence-electron chi connectivity index (χ0n) is 7.86. The van der Waals surface area contributed by atoms with Crippen LogP contribution in [-0.4, -0.2) is 49.1 Å². The van der Waals surface area contributed by atoms with Crippen molar-refractivity contribution in [3.05, 3.63) is 12.2 Å². The number of carbonyl (C=O) groups excluding carboxylic acids is 1. The molecule has 0 unspecified atom stereocenters. The Morgan fingerprint density at radius 3 is 2.85 bits per heavy atom. The molecule has 0 radical (unpaired) electrons. The quantitative estimate of drug-likeness (QED) is 0.631. The highest BCUT2D eigenvalue weighted by molar-refractivity contribution is 8.13. The molecule has 0 atom stereocenters. The topological polar surface area (TPSA) is 29.5 Å². The zero-order chi connectivity index (χ0) is 9.52. The Morgan fingerprint density at radius 1 is 1.54 bits per heavy atom. The number of carbonyl (C=O) groups is 1. The maximum Gasteiger partial charge on any atom is 0.211 e. The van der Waals surface area contributed by atoms with E-state index >= 15 is 0 Å². The van der Waals surface area contributed by atoms with E-state index in [0.717, 1.165) is 32.8 Å². The first-order valence-corrected chi connectivity index (χ1v) is 5.60. The number of ether oxygens (including phenoxy) is 1. The van der Waals surface area contributed by atoms with E-state index < -0.39 is 0 Å². The molecule has 0 aromatic rings. The fourth-order valence-electron chi connectivity index (χ4n) is 1.15. The number of nitrogens with zero attached hydrogens (tertiary/aromatic N) is 1. The Bertz CT molecular complexity index is 188. The lowest BCUT2D eigenvalue weighted by Gasteiger charge is -2.24. The summed E-state index contributed by atoms with van der Waals surface area (Å²) < 4.78 is 5.21. The lowest BCUT2D eigenvalue weighted by atomic mass is 10.4. The molecule has 13 heavy (non-hydrogen) atoms. The van der Waals surface area contributed by atoms with Crippen molar-refractivity contribution in [2.45, 2.75) is 0 Å². The van der Waals surface area contributed by atoms with Gasteiger partial charge in [0, 0.05) is 19.6 Å². The van der Waals surface area contributed by atoms with Gasteiger partial charge in [-0.2, -0.15) is 0 Å². The molecule has 1 heterocycles. The highest BCUT2D eigenvalue weighted by atomic mass is 32.2. The van der Waals surface area contributed by atoms with E-state index in [2.05, 4.69) is 4.90 Å². The number of hydrogen-bond donors (Lipinski definition) is 0. The maximum absolute atomic E-state index is 10.9. The third kappa shape index (κ3) is 4.45. The van der Waals surface area contributed by atoms with Crippen LogP contribution in [0, 0.1) is 0 Å². The van der Waals surface area contributed by atoms with E-state index in [1.807, 2.05) is 6.08 Å². The van der Waals surface area contributed by atoms with Gasteiger partial charge in [0.15, 0.2) is 0 Å². The van der Waals surface area contributed by atoms with Crippen LogP contribution in [0.3, 0.4) is 0 Å². The van der Waals surface area contributed by atoms with Gasteiger partial charge in [-0.05, 0) is 12.3 Å². The van der Waals surface area contributed by atoms with Gasteiger partial charge in [0.05, 0.1) is 13.2 Å². The van der Waals surface area contributed by atoms with Gasteiger partial charge >= 0.3 is 0 Å². The van der Waals surface area contributed by atoms with E-state index in [1.54, 1.807) is 12.3 Å². The van der Waals surface area contributed by atoms with Crippen molar-refractivity contribution in [2.75, 3.05) is 39.1 Å². The van der Waals surface area contributed by atoms with Crippen LogP contribution in [0.1, 0.15) is 0 Å². The van der Waals surface area contributed by atoms with Gasteiger partial charge in [0.1, 0.15) is 0 Å². The Balaban J connectivity index is 2.16. The molecule has 0 aromatic carbocycles. The van der Waals surface area contributed by atoms with Crippen molar-refractivity contribution >= 4 is 16.9 Å². The van der Waals surface area contributed by atoms with Crippen LogP contribution >= 0.6 is 11.8 Å². The second kappa shape index (κ2) is 6.18. The minimum atomic E-state index is 0.119. The van der Waals surface area contributed by atoms with Crippen molar-refractivity contribution in [3.8, 4) is 0 Å². The van der Waals surface area contributed by atoms with Gasteiger partial charge in [-0.1, -0.05) is 17.8 Å². The molecule has 0 bridgehead atoms. The Labute approximate surface area is 83.1 Å². The van der Waals surface area contributed by atoms with Crippen LogP contribution in [0.5, 0.6) is 0 Å². The molecule has 3 nitrogen and oxygen atoms in total. The highest BCUT2D eigenvalue weighted by Crippen LogP contribution is 1.98. The molecule has 0 aliphatic carbocycles. The van der Waals surface area contributed by atoms with Gasteiger partial charge < -0.3 is 4.74 Å². The first-order valence-electron chi connectivity index (χ1n) is 4.37. The van der Waals surface area contributed by atoms with Crippen molar-refractivity contribution in [1.82, 2.24) is 4.90 Å². The molecule has 4 heteroatoms. The summed E-state index contributed by atoms with van der Waals surface area (Å²) in [4.78, 5) is 13.2. The highest BCUT2D eigenvalue weighted by Gasteiger charge is 2.07. The second-order valence-electron chi connectivity index (χ2n) is 2.84. The summed E-state index contributed by atoms with van der Waals surface area (Å²) in [7, 11) is 0. The number of morpholine rings is 1. The average Bonchev–Trinajstić information content (AvgIpc) is 2.19. The van der Waals surface area contributed by atoms with E-state index in [1.165, 1.54) is 11.8 Å². The normalized spacial score (nSPS) is 19.5. The predicted octanol–water partition coefficient (Wildman–Crippen LogP) is 0.764. The van der Waals surface area contributed by atoms with Crippen molar-refractivity contribution < 1.29 is 9.53 Å². The van der Waals surface area contributed by atoms with E-state index in [9.17, 15) is 4.79 Å². The predicted molar refractivity (Wildman–Crippen MR) is 54.9 cm³/mol. The SMILES string of the molecule is CSC(=O)/C=C/CN1CCOCC1. The third-order valence-corrected chi connectivity index (χ3v) is 2.46. The van der Waals surface area contributed by atoms with Crippen molar-refractivity contribution in [1.29, 1.82) is 0 Å². The molecular formula is C9H15NO2S. The summed E-state index contributed by atoms with van der Waals surface area (Å²) in [6, 6.07) is 0. The Kier molecular flexibility index (Phi) is 5.12. The number of thioether (sulfide) groups is 1. The lowest BCUT2D eigenvalue weighted by molar-refractivity contribution is -0.107. The van der Waals surface area contributed by atoms with E-state index in [4.69, 9.17) is 4.74 Å². The standard InChI is InChI=1S/C9H15NO2S/c1-13-9(11)3-2-4-10-5-7-12-8-6-10/h2-3H,4-8H2,1H3/b3-2+. The molecule has 1 rings (SSSR count). The average molecular weight is 201 g/mol. The first kappa shape index (κ1) is 10.8. The maximum atomic E-state index is 10.9. The molecule has 0 N–H and O–H groups in total. The first-order chi connectivity index (χ1) is 6.33. The minimum Gasteiger partial charge on any atom is -0.379 e. The molecule has 1 aliphatic rings. The summed E-state index contributed by atoms with van der Waals surface area (Å²) in [5.74, 6) is 0. The molecule has 1 saturated heterocycles. The van der Waals surface area contributed by atoms with Gasteiger partial charge in [-0.25, -0.2) is 0 Å². The van der Waals surface area contributed by atoms with Gasteiger partial charge in [0.25, 0.3) is 0 Å². The van der Waals surface area contributed by atoms with Crippen LogP contribution in [0.2, 0.25) is 0 Å². The molecule has 0 aromatic heterocycles. The molecule has 74 valence electrons. The zero-order valence-corrected chi connectivity index (χ0v) is 8.68. The van der Waals surface area contributed by atoms with Crippen LogP contribution in [-0.2, 0) is 9.53 Å². The Hall–Kier alpha value is -0.320. The minimum absolute atomic E-state index is 0.119. The second-order valence-corrected chi connectivity index (χ2v) is 3.65. The van der Waals surface area contributed by atoms with E-state index in [0.29, 0.717) is 0 Å². The van der Waals surface area contributed by atoms with Crippen LogP contribution < -0.4 is 0 Å². The molecule has 1 aliphatic heterocycles. The largest absolute Gasteiger partial charge is 0.379 e.